The van der Waals surface area contributed by atoms with Crippen LogP contribution in [0.25, 0.3) is 0 Å². The SMILES string of the molecule is CC(Cn1nnc([N+](=O)[O-])n1)=NNC(=O)Cc1ccc(F)cc1. The number of hydrogen-bond donors (Lipinski definition) is 1. The Morgan fingerprint density at radius 1 is 1.43 bits per heavy atom. The maximum absolute atomic E-state index is 12.8. The van der Waals surface area contributed by atoms with Crippen molar-refractivity contribution in [3.63, 3.8) is 0 Å². The molecule has 0 saturated carbocycles. The number of carbonyl (C=O) groups excluding carboxylic acids is 1. The highest BCUT2D eigenvalue weighted by molar-refractivity contribution is 5.84. The van der Waals surface area contributed by atoms with E-state index in [0.717, 1.165) is 4.80 Å². The number of halogens is 1. The van der Waals surface area contributed by atoms with Crippen molar-refractivity contribution in [3.05, 3.63) is 45.8 Å². The smallest absolute Gasteiger partial charge is 0.390 e. The van der Waals surface area contributed by atoms with E-state index in [1.807, 2.05) is 0 Å². The van der Waals surface area contributed by atoms with Gasteiger partial charge >= 0.3 is 5.95 Å². The average Bonchev–Trinajstić information content (AvgIpc) is 2.96. The summed E-state index contributed by atoms with van der Waals surface area (Å²) in [6, 6.07) is 5.54. The zero-order valence-corrected chi connectivity index (χ0v) is 12.0. The van der Waals surface area contributed by atoms with Crippen molar-refractivity contribution in [1.82, 2.24) is 25.6 Å². The number of hydrogen-bond acceptors (Lipinski definition) is 7. The molecule has 0 saturated heterocycles. The molecular formula is C12H12FN7O3. The molecule has 0 spiro atoms. The quantitative estimate of drug-likeness (QED) is 0.467. The predicted octanol–water partition coefficient (Wildman–Crippen LogP) is 0.455. The molecule has 1 amide bonds. The molecule has 2 rings (SSSR count). The maximum atomic E-state index is 12.8. The van der Waals surface area contributed by atoms with Crippen LogP contribution >= 0.6 is 0 Å². The van der Waals surface area contributed by atoms with E-state index in [2.05, 4.69) is 25.9 Å². The Balaban J connectivity index is 1.86. The summed E-state index contributed by atoms with van der Waals surface area (Å²) < 4.78 is 12.8. The largest absolute Gasteiger partial charge is 0.514 e. The third-order valence-electron chi connectivity index (χ3n) is 2.63. The van der Waals surface area contributed by atoms with Crippen molar-refractivity contribution in [2.45, 2.75) is 19.9 Å². The Morgan fingerprint density at radius 2 is 2.13 bits per heavy atom. The van der Waals surface area contributed by atoms with Gasteiger partial charge in [0.25, 0.3) is 0 Å². The summed E-state index contributed by atoms with van der Waals surface area (Å²) in [4.78, 5) is 22.3. The second-order valence-electron chi connectivity index (χ2n) is 4.56. The first-order chi connectivity index (χ1) is 10.9. The van der Waals surface area contributed by atoms with Gasteiger partial charge in [-0.15, -0.1) is 0 Å². The molecule has 120 valence electrons. The molecular weight excluding hydrogens is 309 g/mol. The van der Waals surface area contributed by atoms with Crippen LogP contribution in [0.4, 0.5) is 10.3 Å². The van der Waals surface area contributed by atoms with Crippen LogP contribution in [0, 0.1) is 15.9 Å². The molecule has 0 fully saturated rings. The zero-order chi connectivity index (χ0) is 16.8. The fourth-order valence-corrected chi connectivity index (χ4v) is 1.60. The monoisotopic (exact) mass is 321 g/mol. The number of tetrazole rings is 1. The number of amides is 1. The van der Waals surface area contributed by atoms with Gasteiger partial charge in [-0.1, -0.05) is 16.9 Å². The second kappa shape index (κ2) is 7.15. The molecule has 11 heteroatoms. The lowest BCUT2D eigenvalue weighted by atomic mass is 10.1. The Bertz CT molecular complexity index is 741. The minimum absolute atomic E-state index is 0.0394. The third kappa shape index (κ3) is 4.91. The predicted molar refractivity (Wildman–Crippen MR) is 75.8 cm³/mol. The molecule has 1 N–H and O–H groups in total. The minimum Gasteiger partial charge on any atom is -0.390 e. The standard InChI is InChI=1S/C12H12FN7O3/c1-8(7-19-17-12(16-18-19)20(22)23)14-15-11(21)6-9-2-4-10(13)5-3-9/h2-5H,6-7H2,1H3,(H,15,21). The van der Waals surface area contributed by atoms with E-state index in [1.165, 1.54) is 24.3 Å². The molecule has 10 nitrogen and oxygen atoms in total. The van der Waals surface area contributed by atoms with Crippen molar-refractivity contribution in [1.29, 1.82) is 0 Å². The Morgan fingerprint density at radius 3 is 2.74 bits per heavy atom. The molecule has 1 heterocycles. The van der Waals surface area contributed by atoms with Crippen LogP contribution < -0.4 is 5.43 Å². The van der Waals surface area contributed by atoms with Gasteiger partial charge in [-0.05, 0) is 29.5 Å². The lowest BCUT2D eigenvalue weighted by molar-refractivity contribution is -0.394. The molecule has 23 heavy (non-hydrogen) atoms. The number of benzene rings is 1. The van der Waals surface area contributed by atoms with Crippen molar-refractivity contribution in [2.75, 3.05) is 0 Å². The van der Waals surface area contributed by atoms with Gasteiger partial charge in [0.2, 0.25) is 5.91 Å². The summed E-state index contributed by atoms with van der Waals surface area (Å²) in [5.74, 6) is -1.37. The normalized spacial score (nSPS) is 11.3. The van der Waals surface area contributed by atoms with Crippen molar-refractivity contribution in [3.8, 4) is 0 Å². The lowest BCUT2D eigenvalue weighted by Crippen LogP contribution is -2.22. The first-order valence-corrected chi connectivity index (χ1v) is 6.42. The lowest BCUT2D eigenvalue weighted by Gasteiger charge is -2.02. The van der Waals surface area contributed by atoms with E-state index in [1.54, 1.807) is 6.92 Å². The van der Waals surface area contributed by atoms with Gasteiger partial charge in [0.1, 0.15) is 12.4 Å². The summed E-state index contributed by atoms with van der Waals surface area (Å²) in [5.41, 5.74) is 3.39. The number of nitrogens with zero attached hydrogens (tertiary/aromatic N) is 6. The van der Waals surface area contributed by atoms with Gasteiger partial charge in [0, 0.05) is 5.21 Å². The first kappa shape index (κ1) is 16.1. The summed E-state index contributed by atoms with van der Waals surface area (Å²) >= 11 is 0. The van der Waals surface area contributed by atoms with Crippen molar-refractivity contribution >= 4 is 17.6 Å². The van der Waals surface area contributed by atoms with Crippen LogP contribution in [-0.4, -0.2) is 36.7 Å². The van der Waals surface area contributed by atoms with Crippen molar-refractivity contribution < 1.29 is 14.1 Å². The van der Waals surface area contributed by atoms with Gasteiger partial charge in [-0.3, -0.25) is 4.79 Å². The van der Waals surface area contributed by atoms with Crippen LogP contribution in [0.1, 0.15) is 12.5 Å². The molecule has 1 aromatic heterocycles. The summed E-state index contributed by atoms with van der Waals surface area (Å²) in [6.07, 6.45) is 0.0457. The fourth-order valence-electron chi connectivity index (χ4n) is 1.60. The molecule has 0 aliphatic carbocycles. The van der Waals surface area contributed by atoms with E-state index < -0.39 is 10.9 Å². The number of hydrazone groups is 1. The molecule has 0 aliphatic heterocycles. The highest BCUT2D eigenvalue weighted by atomic mass is 19.1. The Labute approximate surface area is 129 Å². The minimum atomic E-state index is -0.763. The molecule has 0 atom stereocenters. The summed E-state index contributed by atoms with van der Waals surface area (Å²) in [7, 11) is 0. The van der Waals surface area contributed by atoms with Crippen molar-refractivity contribution in [2.24, 2.45) is 5.10 Å². The van der Waals surface area contributed by atoms with Gasteiger partial charge in [-0.25, -0.2) is 9.82 Å². The number of nitrogens with one attached hydrogen (secondary N) is 1. The van der Waals surface area contributed by atoms with E-state index in [0.29, 0.717) is 11.3 Å². The van der Waals surface area contributed by atoms with E-state index >= 15 is 0 Å². The molecule has 0 radical (unpaired) electrons. The van der Waals surface area contributed by atoms with Crippen LogP contribution in [0.3, 0.4) is 0 Å². The van der Waals surface area contributed by atoms with E-state index in [9.17, 15) is 19.3 Å². The Kier molecular flexibility index (Phi) is 5.02. The van der Waals surface area contributed by atoms with Gasteiger partial charge in [0.15, 0.2) is 0 Å². The highest BCUT2D eigenvalue weighted by Crippen LogP contribution is 2.03. The zero-order valence-electron chi connectivity index (χ0n) is 12.0. The molecule has 2 aromatic rings. The molecule has 1 aromatic carbocycles. The van der Waals surface area contributed by atoms with Crippen LogP contribution in [-0.2, 0) is 17.8 Å². The second-order valence-corrected chi connectivity index (χ2v) is 4.56. The van der Waals surface area contributed by atoms with E-state index in [4.69, 9.17) is 0 Å². The maximum Gasteiger partial charge on any atom is 0.514 e. The summed E-state index contributed by atoms with van der Waals surface area (Å²) in [6.45, 7) is 1.63. The topological polar surface area (TPSA) is 128 Å². The molecule has 0 unspecified atom stereocenters. The third-order valence-corrected chi connectivity index (χ3v) is 2.63. The highest BCUT2D eigenvalue weighted by Gasteiger charge is 2.15. The van der Waals surface area contributed by atoms with Gasteiger partial charge in [-0.2, -0.15) is 5.10 Å². The summed E-state index contributed by atoms with van der Waals surface area (Å²) in [5, 5.41) is 24.5. The van der Waals surface area contributed by atoms with E-state index in [-0.39, 0.29) is 24.7 Å². The van der Waals surface area contributed by atoms with Gasteiger partial charge in [0.05, 0.1) is 22.3 Å². The number of carbonyl (C=O) groups is 1. The molecule has 0 aliphatic rings. The van der Waals surface area contributed by atoms with Gasteiger partial charge < -0.3 is 10.1 Å². The Hall–Kier alpha value is -3.24. The number of rotatable bonds is 6. The van der Waals surface area contributed by atoms with Crippen LogP contribution in [0.2, 0.25) is 0 Å². The average molecular weight is 321 g/mol. The first-order valence-electron chi connectivity index (χ1n) is 6.42. The molecule has 0 bridgehead atoms. The number of aromatic nitrogens is 4. The van der Waals surface area contributed by atoms with Crippen LogP contribution in [0.5, 0.6) is 0 Å². The van der Waals surface area contributed by atoms with Crippen LogP contribution in [0.15, 0.2) is 29.4 Å². The fraction of sp³-hybridized carbons (Fsp3) is 0.250. The number of nitro groups is 1.